The summed E-state index contributed by atoms with van der Waals surface area (Å²) in [4.78, 5) is 11.6. The highest BCUT2D eigenvalue weighted by Gasteiger charge is 2.44. The van der Waals surface area contributed by atoms with Crippen LogP contribution in [0.25, 0.3) is 0 Å². The second-order valence-corrected chi connectivity index (χ2v) is 4.58. The Kier molecular flexibility index (Phi) is 2.83. The lowest BCUT2D eigenvalue weighted by molar-refractivity contribution is -0.284. The molecule has 0 spiro atoms. The second-order valence-electron chi connectivity index (χ2n) is 4.58. The molecule has 14 heavy (non-hydrogen) atoms. The molecule has 1 fully saturated rings. The second kappa shape index (κ2) is 3.48. The average molecular weight is 198 g/mol. The van der Waals surface area contributed by atoms with E-state index in [2.05, 4.69) is 6.58 Å². The Morgan fingerprint density at radius 2 is 2.07 bits per heavy atom. The van der Waals surface area contributed by atoms with Gasteiger partial charge in [0.05, 0.1) is 0 Å². The first kappa shape index (κ1) is 11.4. The van der Waals surface area contributed by atoms with Crippen molar-refractivity contribution >= 4 is 5.78 Å². The molecule has 80 valence electrons. The van der Waals surface area contributed by atoms with Crippen LogP contribution < -0.4 is 0 Å². The van der Waals surface area contributed by atoms with Crippen molar-refractivity contribution in [2.45, 2.75) is 45.5 Å². The van der Waals surface area contributed by atoms with Crippen molar-refractivity contribution in [3.63, 3.8) is 0 Å². The van der Waals surface area contributed by atoms with Crippen LogP contribution in [0.1, 0.15) is 34.1 Å². The van der Waals surface area contributed by atoms with E-state index in [1.807, 2.05) is 20.8 Å². The van der Waals surface area contributed by atoms with Crippen LogP contribution in [-0.4, -0.2) is 23.8 Å². The zero-order valence-corrected chi connectivity index (χ0v) is 9.35. The van der Waals surface area contributed by atoms with E-state index in [1.54, 1.807) is 6.92 Å². The van der Waals surface area contributed by atoms with Gasteiger partial charge in [0.1, 0.15) is 12.2 Å². The molecule has 3 nitrogen and oxygen atoms in total. The third-order valence-corrected chi connectivity index (χ3v) is 2.25. The molecule has 1 saturated heterocycles. The molecule has 0 aromatic rings. The van der Waals surface area contributed by atoms with E-state index in [0.29, 0.717) is 6.42 Å². The van der Waals surface area contributed by atoms with E-state index in [-0.39, 0.29) is 12.4 Å². The van der Waals surface area contributed by atoms with Crippen molar-refractivity contribution in [1.29, 1.82) is 0 Å². The summed E-state index contributed by atoms with van der Waals surface area (Å²) in [7, 11) is 0. The number of ether oxygens (including phenoxy) is 2. The van der Waals surface area contributed by atoms with Gasteiger partial charge in [-0.05, 0) is 27.7 Å². The highest BCUT2D eigenvalue weighted by atomic mass is 16.7. The molecule has 0 unspecified atom stereocenters. The van der Waals surface area contributed by atoms with Gasteiger partial charge < -0.3 is 9.47 Å². The Morgan fingerprint density at radius 3 is 2.57 bits per heavy atom. The van der Waals surface area contributed by atoms with Crippen LogP contribution >= 0.6 is 0 Å². The number of rotatable bonds is 2. The summed E-state index contributed by atoms with van der Waals surface area (Å²) >= 11 is 0. The monoisotopic (exact) mass is 198 g/mol. The zero-order valence-electron chi connectivity index (χ0n) is 9.35. The zero-order chi connectivity index (χ0) is 11.0. The Labute approximate surface area is 85.1 Å². The van der Waals surface area contributed by atoms with E-state index in [9.17, 15) is 4.79 Å². The average Bonchev–Trinajstić information content (AvgIpc) is 1.95. The molecule has 1 aliphatic rings. The van der Waals surface area contributed by atoms with E-state index in [0.717, 1.165) is 5.57 Å². The quantitative estimate of drug-likeness (QED) is 0.637. The van der Waals surface area contributed by atoms with Gasteiger partial charge in [0.2, 0.25) is 0 Å². The molecule has 0 N–H and O–H groups in total. The summed E-state index contributed by atoms with van der Waals surface area (Å²) in [5.41, 5.74) is 0.173. The molecule has 0 amide bonds. The van der Waals surface area contributed by atoms with Gasteiger partial charge in [0.25, 0.3) is 0 Å². The molecule has 0 aromatic carbocycles. The molecule has 0 bridgehead atoms. The summed E-state index contributed by atoms with van der Waals surface area (Å²) in [5, 5.41) is 0. The van der Waals surface area contributed by atoms with E-state index in [4.69, 9.17) is 9.47 Å². The minimum absolute atomic E-state index is 0.0141. The van der Waals surface area contributed by atoms with Crippen LogP contribution in [0, 0.1) is 0 Å². The van der Waals surface area contributed by atoms with Crippen LogP contribution in [0.4, 0.5) is 0 Å². The molecule has 0 aliphatic carbocycles. The number of Topliss-reactive ketones (excluding diaryl/α,β-unsaturated/α-hetero) is 1. The van der Waals surface area contributed by atoms with E-state index in [1.165, 1.54) is 0 Å². The summed E-state index contributed by atoms with van der Waals surface area (Å²) in [6.45, 7) is 11.2. The Balaban J connectivity index is 2.83. The van der Waals surface area contributed by atoms with Gasteiger partial charge in [-0.3, -0.25) is 4.79 Å². The fraction of sp³-hybridized carbons (Fsp3) is 0.727. The lowest BCUT2D eigenvalue weighted by atomic mass is 9.91. The van der Waals surface area contributed by atoms with Gasteiger partial charge >= 0.3 is 0 Å². The number of ketones is 1. The van der Waals surface area contributed by atoms with Crippen LogP contribution in [0.5, 0.6) is 0 Å². The van der Waals surface area contributed by atoms with Gasteiger partial charge in [0, 0.05) is 6.42 Å². The van der Waals surface area contributed by atoms with Gasteiger partial charge in [-0.1, -0.05) is 5.57 Å². The highest BCUT2D eigenvalue weighted by molar-refractivity contribution is 5.88. The van der Waals surface area contributed by atoms with Crippen molar-refractivity contribution in [2.75, 3.05) is 6.61 Å². The molecular formula is C11H18O3. The number of carbonyl (C=O) groups excluding carboxylic acids is 1. The first-order chi connectivity index (χ1) is 6.25. The maximum Gasteiger partial charge on any atom is 0.190 e. The Bertz CT molecular complexity index is 268. The summed E-state index contributed by atoms with van der Waals surface area (Å²) < 4.78 is 10.9. The van der Waals surface area contributed by atoms with Gasteiger partial charge in [0.15, 0.2) is 11.6 Å². The van der Waals surface area contributed by atoms with Crippen molar-refractivity contribution < 1.29 is 14.3 Å². The standard InChI is InChI=1S/C11H18O3/c1-8(2)6-11(5)9(12)7-13-10(3,4)14-11/h1,6-7H2,2-5H3/t11-/m0/s1. The largest absolute Gasteiger partial charge is 0.343 e. The van der Waals surface area contributed by atoms with Crippen LogP contribution in [-0.2, 0) is 14.3 Å². The Hall–Kier alpha value is -0.670. The van der Waals surface area contributed by atoms with Gasteiger partial charge in [-0.2, -0.15) is 0 Å². The predicted octanol–water partition coefficient (Wildman–Crippen LogP) is 2.06. The first-order valence-electron chi connectivity index (χ1n) is 4.77. The van der Waals surface area contributed by atoms with Gasteiger partial charge in [-0.25, -0.2) is 0 Å². The van der Waals surface area contributed by atoms with Crippen molar-refractivity contribution in [3.8, 4) is 0 Å². The third-order valence-electron chi connectivity index (χ3n) is 2.25. The third kappa shape index (κ3) is 2.42. The molecule has 1 heterocycles. The molecule has 0 saturated carbocycles. The van der Waals surface area contributed by atoms with Crippen molar-refractivity contribution in [3.05, 3.63) is 12.2 Å². The molecule has 1 aliphatic heterocycles. The van der Waals surface area contributed by atoms with Crippen LogP contribution in [0.15, 0.2) is 12.2 Å². The highest BCUT2D eigenvalue weighted by Crippen LogP contribution is 2.32. The summed E-state index contributed by atoms with van der Waals surface area (Å²) in [5.74, 6) is -0.696. The minimum Gasteiger partial charge on any atom is -0.343 e. The molecule has 1 rings (SSSR count). The molecular weight excluding hydrogens is 180 g/mol. The molecule has 3 heteroatoms. The molecule has 0 radical (unpaired) electrons. The first-order valence-corrected chi connectivity index (χ1v) is 4.77. The Morgan fingerprint density at radius 1 is 1.50 bits per heavy atom. The topological polar surface area (TPSA) is 35.5 Å². The smallest absolute Gasteiger partial charge is 0.190 e. The molecule has 1 atom stereocenters. The fourth-order valence-electron chi connectivity index (χ4n) is 1.73. The lowest BCUT2D eigenvalue weighted by Gasteiger charge is -2.41. The van der Waals surface area contributed by atoms with E-state index >= 15 is 0 Å². The fourth-order valence-corrected chi connectivity index (χ4v) is 1.73. The summed E-state index contributed by atoms with van der Waals surface area (Å²) in [6.07, 6.45) is 0.554. The lowest BCUT2D eigenvalue weighted by Crippen LogP contribution is -2.53. The number of carbonyl (C=O) groups is 1. The maximum absolute atomic E-state index is 11.6. The number of hydrogen-bond donors (Lipinski definition) is 0. The van der Waals surface area contributed by atoms with Gasteiger partial charge in [-0.15, -0.1) is 6.58 Å². The van der Waals surface area contributed by atoms with E-state index < -0.39 is 11.4 Å². The van der Waals surface area contributed by atoms with Crippen LogP contribution in [0.3, 0.4) is 0 Å². The maximum atomic E-state index is 11.6. The SMILES string of the molecule is C=C(C)C[C@]1(C)OC(C)(C)OCC1=O. The minimum atomic E-state index is -0.770. The number of hydrogen-bond acceptors (Lipinski definition) is 3. The normalized spacial score (nSPS) is 31.6. The van der Waals surface area contributed by atoms with Crippen molar-refractivity contribution in [2.24, 2.45) is 0 Å². The van der Waals surface area contributed by atoms with Crippen molar-refractivity contribution in [1.82, 2.24) is 0 Å². The summed E-state index contributed by atoms with van der Waals surface area (Å²) in [6, 6.07) is 0. The van der Waals surface area contributed by atoms with Crippen LogP contribution in [0.2, 0.25) is 0 Å². The molecule has 0 aromatic heterocycles. The predicted molar refractivity (Wildman–Crippen MR) is 54.0 cm³/mol.